The molecule has 0 saturated carbocycles. The Morgan fingerprint density at radius 2 is 2.26 bits per heavy atom. The van der Waals surface area contributed by atoms with Crippen LogP contribution in [0.25, 0.3) is 0 Å². The van der Waals surface area contributed by atoms with Gasteiger partial charge in [-0.25, -0.2) is 4.39 Å². The number of halogens is 1. The molecular weight excluding hydrogens is 235 g/mol. The van der Waals surface area contributed by atoms with Gasteiger partial charge in [-0.1, -0.05) is 50.1 Å². The van der Waals surface area contributed by atoms with Crippen LogP contribution in [0, 0.1) is 5.92 Å². The minimum Gasteiger partial charge on any atom is -0.212 e. The molecule has 1 aliphatic rings. The van der Waals surface area contributed by atoms with Crippen molar-refractivity contribution < 1.29 is 4.39 Å². The smallest absolute Gasteiger partial charge is 0.100 e. The molecular formula is C18H27F. The standard InChI is InChI=1S/C18H27F/c1-4-7-16(5-2)12-10-15(3)11-13-17-8-6-9-18(19)14-17/h5,8,10,12,14-15H,4,6-7,9,11,13H2,1-3H3/b12-10-,16-5-. The number of hydrogen-bond acceptors (Lipinski definition) is 0. The zero-order chi connectivity index (χ0) is 14.1. The lowest BCUT2D eigenvalue weighted by Gasteiger charge is -2.11. The summed E-state index contributed by atoms with van der Waals surface area (Å²) in [6.07, 6.45) is 16.5. The van der Waals surface area contributed by atoms with Gasteiger partial charge in [0.15, 0.2) is 0 Å². The van der Waals surface area contributed by atoms with Gasteiger partial charge in [-0.05, 0) is 50.2 Å². The van der Waals surface area contributed by atoms with Crippen LogP contribution in [0.15, 0.2) is 47.4 Å². The van der Waals surface area contributed by atoms with E-state index in [0.717, 1.165) is 25.7 Å². The fourth-order valence-corrected chi connectivity index (χ4v) is 2.29. The highest BCUT2D eigenvalue weighted by Crippen LogP contribution is 2.23. The van der Waals surface area contributed by atoms with Gasteiger partial charge < -0.3 is 0 Å². The number of allylic oxidation sites excluding steroid dienone is 8. The largest absolute Gasteiger partial charge is 0.212 e. The molecule has 0 bridgehead atoms. The van der Waals surface area contributed by atoms with Crippen LogP contribution in [0.5, 0.6) is 0 Å². The summed E-state index contributed by atoms with van der Waals surface area (Å²) in [5.41, 5.74) is 2.58. The monoisotopic (exact) mass is 262 g/mol. The van der Waals surface area contributed by atoms with Gasteiger partial charge in [-0.15, -0.1) is 0 Å². The van der Waals surface area contributed by atoms with Crippen molar-refractivity contribution in [2.75, 3.05) is 0 Å². The first-order valence-corrected chi connectivity index (χ1v) is 7.54. The topological polar surface area (TPSA) is 0 Å². The van der Waals surface area contributed by atoms with Crippen LogP contribution in [0.3, 0.4) is 0 Å². The van der Waals surface area contributed by atoms with Crippen molar-refractivity contribution in [3.63, 3.8) is 0 Å². The molecule has 0 aromatic heterocycles. The van der Waals surface area contributed by atoms with Gasteiger partial charge in [0.1, 0.15) is 5.83 Å². The molecule has 0 aliphatic heterocycles. The van der Waals surface area contributed by atoms with E-state index in [2.05, 4.69) is 45.1 Å². The van der Waals surface area contributed by atoms with E-state index in [1.807, 2.05) is 0 Å². The highest BCUT2D eigenvalue weighted by atomic mass is 19.1. The summed E-state index contributed by atoms with van der Waals surface area (Å²) in [7, 11) is 0. The normalized spacial score (nSPS) is 18.4. The molecule has 0 spiro atoms. The molecule has 1 unspecified atom stereocenters. The molecule has 0 aromatic carbocycles. The van der Waals surface area contributed by atoms with Gasteiger partial charge in [0.25, 0.3) is 0 Å². The zero-order valence-electron chi connectivity index (χ0n) is 12.6. The Morgan fingerprint density at radius 3 is 2.89 bits per heavy atom. The SMILES string of the molecule is C/C=C(\C=C/C(C)CCC1=CCCC(F)=C1)CCC. The third-order valence-electron chi connectivity index (χ3n) is 3.57. The average Bonchev–Trinajstić information content (AvgIpc) is 2.41. The van der Waals surface area contributed by atoms with E-state index >= 15 is 0 Å². The molecule has 19 heavy (non-hydrogen) atoms. The second-order valence-electron chi connectivity index (χ2n) is 5.40. The van der Waals surface area contributed by atoms with Gasteiger partial charge >= 0.3 is 0 Å². The predicted octanol–water partition coefficient (Wildman–Crippen LogP) is 6.28. The lowest BCUT2D eigenvalue weighted by atomic mass is 9.96. The summed E-state index contributed by atoms with van der Waals surface area (Å²) in [6, 6.07) is 0. The van der Waals surface area contributed by atoms with Crippen molar-refractivity contribution in [3.8, 4) is 0 Å². The number of hydrogen-bond donors (Lipinski definition) is 0. The molecule has 0 aromatic rings. The van der Waals surface area contributed by atoms with Crippen LogP contribution < -0.4 is 0 Å². The molecule has 1 aliphatic carbocycles. The minimum absolute atomic E-state index is 0.0415. The molecule has 1 rings (SSSR count). The van der Waals surface area contributed by atoms with Crippen LogP contribution in [0.4, 0.5) is 4.39 Å². The maximum atomic E-state index is 13.1. The Kier molecular flexibility index (Phi) is 7.47. The Hall–Kier alpha value is -1.11. The molecule has 0 saturated heterocycles. The predicted molar refractivity (Wildman–Crippen MR) is 82.7 cm³/mol. The second kappa shape index (κ2) is 8.90. The summed E-state index contributed by atoms with van der Waals surface area (Å²) in [4.78, 5) is 0. The third kappa shape index (κ3) is 6.56. The number of rotatable bonds is 7. The van der Waals surface area contributed by atoms with Crippen molar-refractivity contribution in [1.82, 2.24) is 0 Å². The summed E-state index contributed by atoms with van der Waals surface area (Å²) in [5, 5.41) is 0. The molecule has 0 nitrogen and oxygen atoms in total. The lowest BCUT2D eigenvalue weighted by molar-refractivity contribution is 0.577. The molecule has 0 amide bonds. The van der Waals surface area contributed by atoms with Crippen LogP contribution in [-0.4, -0.2) is 0 Å². The molecule has 0 radical (unpaired) electrons. The van der Waals surface area contributed by atoms with E-state index in [1.165, 1.54) is 17.6 Å². The Labute approximate surface area is 117 Å². The van der Waals surface area contributed by atoms with Crippen molar-refractivity contribution in [2.24, 2.45) is 5.92 Å². The van der Waals surface area contributed by atoms with Crippen molar-refractivity contribution in [1.29, 1.82) is 0 Å². The van der Waals surface area contributed by atoms with E-state index in [9.17, 15) is 4.39 Å². The molecule has 0 heterocycles. The van der Waals surface area contributed by atoms with E-state index in [-0.39, 0.29) is 5.83 Å². The first-order chi connectivity index (χ1) is 9.15. The van der Waals surface area contributed by atoms with E-state index in [1.54, 1.807) is 6.08 Å². The van der Waals surface area contributed by atoms with Gasteiger partial charge in [0.05, 0.1) is 0 Å². The Bertz CT molecular complexity index is 382. The highest BCUT2D eigenvalue weighted by molar-refractivity contribution is 5.25. The maximum absolute atomic E-state index is 13.1. The summed E-state index contributed by atoms with van der Waals surface area (Å²) >= 11 is 0. The van der Waals surface area contributed by atoms with Crippen molar-refractivity contribution in [3.05, 3.63) is 47.4 Å². The first kappa shape index (κ1) is 15.9. The zero-order valence-corrected chi connectivity index (χ0v) is 12.6. The molecule has 106 valence electrons. The quantitative estimate of drug-likeness (QED) is 0.474. The van der Waals surface area contributed by atoms with Crippen molar-refractivity contribution in [2.45, 2.75) is 59.3 Å². The summed E-state index contributed by atoms with van der Waals surface area (Å²) in [5.74, 6) is 0.589. The fraction of sp³-hybridized carbons (Fsp3) is 0.556. The van der Waals surface area contributed by atoms with Crippen LogP contribution in [0.1, 0.15) is 59.3 Å². The molecule has 1 heteroatoms. The van der Waals surface area contributed by atoms with Crippen LogP contribution >= 0.6 is 0 Å². The van der Waals surface area contributed by atoms with Gasteiger partial charge in [-0.3, -0.25) is 0 Å². The second-order valence-corrected chi connectivity index (χ2v) is 5.40. The summed E-state index contributed by atoms with van der Waals surface area (Å²) in [6.45, 7) is 6.54. The van der Waals surface area contributed by atoms with Gasteiger partial charge in [0.2, 0.25) is 0 Å². The van der Waals surface area contributed by atoms with Gasteiger partial charge in [0, 0.05) is 6.42 Å². The van der Waals surface area contributed by atoms with E-state index in [4.69, 9.17) is 0 Å². The Balaban J connectivity index is 2.37. The van der Waals surface area contributed by atoms with Crippen LogP contribution in [0.2, 0.25) is 0 Å². The maximum Gasteiger partial charge on any atom is 0.100 e. The Morgan fingerprint density at radius 1 is 1.47 bits per heavy atom. The van der Waals surface area contributed by atoms with E-state index < -0.39 is 0 Å². The van der Waals surface area contributed by atoms with E-state index in [0.29, 0.717) is 12.3 Å². The highest BCUT2D eigenvalue weighted by Gasteiger charge is 2.06. The summed E-state index contributed by atoms with van der Waals surface area (Å²) < 4.78 is 13.1. The van der Waals surface area contributed by atoms with Gasteiger partial charge in [-0.2, -0.15) is 0 Å². The molecule has 0 N–H and O–H groups in total. The molecule has 0 fully saturated rings. The van der Waals surface area contributed by atoms with Crippen molar-refractivity contribution >= 4 is 0 Å². The molecule has 1 atom stereocenters. The third-order valence-corrected chi connectivity index (χ3v) is 3.57. The first-order valence-electron chi connectivity index (χ1n) is 7.54. The fourth-order valence-electron chi connectivity index (χ4n) is 2.29. The minimum atomic E-state index is 0.0415. The lowest BCUT2D eigenvalue weighted by Crippen LogP contribution is -1.94. The average molecular weight is 262 g/mol. The van der Waals surface area contributed by atoms with Crippen LogP contribution in [-0.2, 0) is 0 Å².